The zero-order chi connectivity index (χ0) is 28.1. The molecule has 4 aliphatic carbocycles. The third-order valence-electron chi connectivity index (χ3n) is 12.7. The van der Waals surface area contributed by atoms with Gasteiger partial charge in [-0.3, -0.25) is 19.4 Å². The number of rotatable bonds is 6. The molecule has 0 amide bonds. The molecule has 6 aliphatic rings. The van der Waals surface area contributed by atoms with Crippen molar-refractivity contribution in [1.82, 2.24) is 9.80 Å². The fraction of sp³-hybridized carbons (Fsp3) is 0.939. The van der Waals surface area contributed by atoms with Gasteiger partial charge in [-0.2, -0.15) is 0 Å². The first-order chi connectivity index (χ1) is 19.2. The number of hydrogen-bond acceptors (Lipinski definition) is 7. The Bertz CT molecular complexity index is 932. The van der Waals surface area contributed by atoms with Crippen molar-refractivity contribution in [1.29, 1.82) is 0 Å². The van der Waals surface area contributed by atoms with Gasteiger partial charge in [0.2, 0.25) is 0 Å². The highest BCUT2D eigenvalue weighted by molar-refractivity contribution is 5.69. The molecule has 0 radical (unpaired) electrons. The molecule has 0 aromatic heterocycles. The number of morpholine rings is 1. The minimum absolute atomic E-state index is 0.00697. The maximum absolute atomic E-state index is 12.9. The van der Waals surface area contributed by atoms with Crippen LogP contribution in [0.25, 0.3) is 0 Å². The summed E-state index contributed by atoms with van der Waals surface area (Å²) in [4.78, 5) is 30.3. The van der Waals surface area contributed by atoms with Crippen molar-refractivity contribution in [2.45, 2.75) is 123 Å². The van der Waals surface area contributed by atoms with Crippen LogP contribution in [0.15, 0.2) is 0 Å². The fourth-order valence-corrected chi connectivity index (χ4v) is 10.9. The fourth-order valence-electron chi connectivity index (χ4n) is 10.9. The van der Waals surface area contributed by atoms with E-state index in [-0.39, 0.29) is 41.0 Å². The molecule has 2 saturated heterocycles. The van der Waals surface area contributed by atoms with Crippen molar-refractivity contribution in [3.8, 4) is 0 Å². The average Bonchev–Trinajstić information content (AvgIpc) is 3.56. The number of esters is 2. The molecule has 0 N–H and O–H groups in total. The molecular weight excluding hydrogens is 504 g/mol. The second-order valence-corrected chi connectivity index (χ2v) is 14.7. The maximum Gasteiger partial charge on any atom is 0.306 e. The van der Waals surface area contributed by atoms with Gasteiger partial charge >= 0.3 is 11.9 Å². The van der Waals surface area contributed by atoms with E-state index in [1.54, 1.807) is 6.92 Å². The predicted octanol–water partition coefficient (Wildman–Crippen LogP) is 5.06. The Morgan fingerprint density at radius 1 is 0.875 bits per heavy atom. The first-order valence-corrected chi connectivity index (χ1v) is 16.7. The van der Waals surface area contributed by atoms with Crippen molar-refractivity contribution < 1.29 is 23.8 Å². The Balaban J connectivity index is 1.27. The van der Waals surface area contributed by atoms with Crippen LogP contribution in [-0.2, 0) is 23.8 Å². The lowest BCUT2D eigenvalue weighted by Gasteiger charge is -2.62. The highest BCUT2D eigenvalue weighted by Gasteiger charge is 2.65. The summed E-state index contributed by atoms with van der Waals surface area (Å²) in [5, 5.41) is 0. The summed E-state index contributed by atoms with van der Waals surface area (Å²) in [5.41, 5.74) is 0.323. The number of nitrogens with zero attached hydrogens (tertiary/aromatic N) is 2. The van der Waals surface area contributed by atoms with Crippen LogP contribution < -0.4 is 0 Å². The molecule has 226 valence electrons. The standard InChI is InChI=1S/C33H54N2O5/c1-5-8-30(37)40-31-27(34-13-6-7-14-34)20-26-24-10-9-23-19-29(39-22(2)36)28(35-15-17-38-18-16-35)21-33(23,4)25(24)11-12-32(26,31)3/h23-29,31H,5-21H2,1-4H3/t23-,24+,25-,26-,27-,28-,29-,31-,32-,33-/m0/s1. The van der Waals surface area contributed by atoms with Crippen LogP contribution in [0.5, 0.6) is 0 Å². The molecule has 6 rings (SSSR count). The van der Waals surface area contributed by atoms with Gasteiger partial charge in [0.25, 0.3) is 0 Å². The summed E-state index contributed by atoms with van der Waals surface area (Å²) in [6.07, 6.45) is 12.1. The van der Waals surface area contributed by atoms with E-state index >= 15 is 0 Å². The molecule has 0 spiro atoms. The van der Waals surface area contributed by atoms with E-state index in [0.29, 0.717) is 36.1 Å². The number of carbonyl (C=O) groups excluding carboxylic acids is 2. The van der Waals surface area contributed by atoms with Gasteiger partial charge in [-0.15, -0.1) is 0 Å². The van der Waals surface area contributed by atoms with Gasteiger partial charge in [-0.05, 0) is 106 Å². The number of carbonyl (C=O) groups is 2. The molecule has 0 aromatic rings. The summed E-state index contributed by atoms with van der Waals surface area (Å²) >= 11 is 0. The molecular formula is C33H54N2O5. The number of fused-ring (bicyclic) bond motifs is 5. The van der Waals surface area contributed by atoms with E-state index in [1.165, 1.54) is 38.5 Å². The Morgan fingerprint density at radius 3 is 2.30 bits per heavy atom. The molecule has 0 bridgehead atoms. The van der Waals surface area contributed by atoms with Crippen molar-refractivity contribution in [2.24, 2.45) is 34.5 Å². The molecule has 2 aliphatic heterocycles. The van der Waals surface area contributed by atoms with Crippen molar-refractivity contribution in [3.63, 3.8) is 0 Å². The molecule has 4 saturated carbocycles. The summed E-state index contributed by atoms with van der Waals surface area (Å²) in [6.45, 7) is 14.4. The molecule has 2 heterocycles. The molecule has 7 heteroatoms. The zero-order valence-corrected chi connectivity index (χ0v) is 25.6. The van der Waals surface area contributed by atoms with Crippen molar-refractivity contribution >= 4 is 11.9 Å². The first-order valence-electron chi connectivity index (χ1n) is 16.7. The van der Waals surface area contributed by atoms with Crippen molar-refractivity contribution in [3.05, 3.63) is 0 Å². The lowest BCUT2D eigenvalue weighted by Crippen LogP contribution is -2.61. The average molecular weight is 559 g/mol. The van der Waals surface area contributed by atoms with Gasteiger partial charge in [0, 0.05) is 43.9 Å². The maximum atomic E-state index is 12.9. The van der Waals surface area contributed by atoms with E-state index in [2.05, 4.69) is 30.6 Å². The van der Waals surface area contributed by atoms with E-state index < -0.39 is 0 Å². The summed E-state index contributed by atoms with van der Waals surface area (Å²) < 4.78 is 18.2. The molecule has 40 heavy (non-hydrogen) atoms. The summed E-state index contributed by atoms with van der Waals surface area (Å²) in [7, 11) is 0. The normalized spacial score (nSPS) is 45.8. The molecule has 10 atom stereocenters. The van der Waals surface area contributed by atoms with Crippen LogP contribution in [0, 0.1) is 34.5 Å². The van der Waals surface area contributed by atoms with Crippen LogP contribution in [0.2, 0.25) is 0 Å². The van der Waals surface area contributed by atoms with E-state index in [4.69, 9.17) is 14.2 Å². The highest BCUT2D eigenvalue weighted by Crippen LogP contribution is 2.67. The van der Waals surface area contributed by atoms with Crippen LogP contribution >= 0.6 is 0 Å². The Kier molecular flexibility index (Phi) is 8.30. The molecule has 0 aromatic carbocycles. The number of ether oxygens (including phenoxy) is 3. The first kappa shape index (κ1) is 28.9. The minimum Gasteiger partial charge on any atom is -0.461 e. The van der Waals surface area contributed by atoms with Crippen LogP contribution in [-0.4, -0.2) is 85.4 Å². The number of likely N-dealkylation sites (tertiary alicyclic amines) is 1. The van der Waals surface area contributed by atoms with Gasteiger partial charge < -0.3 is 14.2 Å². The van der Waals surface area contributed by atoms with Crippen LogP contribution in [0.3, 0.4) is 0 Å². The highest BCUT2D eigenvalue weighted by atomic mass is 16.5. The van der Waals surface area contributed by atoms with Crippen LogP contribution in [0.4, 0.5) is 0 Å². The smallest absolute Gasteiger partial charge is 0.306 e. The monoisotopic (exact) mass is 558 g/mol. The molecule has 0 unspecified atom stereocenters. The second-order valence-electron chi connectivity index (χ2n) is 14.7. The van der Waals surface area contributed by atoms with E-state index in [1.807, 2.05) is 0 Å². The molecule has 7 nitrogen and oxygen atoms in total. The third-order valence-corrected chi connectivity index (χ3v) is 12.7. The van der Waals surface area contributed by atoms with Gasteiger partial charge in [0.1, 0.15) is 12.2 Å². The SMILES string of the molecule is CCCC(=O)O[C@H]1[C@@H](N2CCCC2)C[C@H]2[C@@H]3CC[C@H]4C[C@H](OC(C)=O)[C@@H](N5CCOCC5)C[C@]4(C)[C@H]3CC[C@@]21C. The summed E-state index contributed by atoms with van der Waals surface area (Å²) in [6, 6.07) is 0.660. The third kappa shape index (κ3) is 5.04. The van der Waals surface area contributed by atoms with Gasteiger partial charge in [0.15, 0.2) is 0 Å². The quantitative estimate of drug-likeness (QED) is 0.422. The molecule has 6 fully saturated rings. The lowest BCUT2D eigenvalue weighted by atomic mass is 9.44. The predicted molar refractivity (Wildman–Crippen MR) is 154 cm³/mol. The Morgan fingerprint density at radius 2 is 1.60 bits per heavy atom. The Hall–Kier alpha value is -1.18. The zero-order valence-electron chi connectivity index (χ0n) is 25.6. The van der Waals surface area contributed by atoms with Crippen molar-refractivity contribution in [2.75, 3.05) is 39.4 Å². The Labute approximate surface area is 242 Å². The van der Waals surface area contributed by atoms with Gasteiger partial charge in [-0.25, -0.2) is 0 Å². The lowest BCUT2D eigenvalue weighted by molar-refractivity contribution is -0.182. The van der Waals surface area contributed by atoms with Gasteiger partial charge in [0.05, 0.1) is 13.2 Å². The number of hydrogen-bond donors (Lipinski definition) is 0. The topological polar surface area (TPSA) is 68.3 Å². The largest absolute Gasteiger partial charge is 0.461 e. The second kappa shape index (κ2) is 11.5. The van der Waals surface area contributed by atoms with E-state index in [0.717, 1.165) is 65.1 Å². The van der Waals surface area contributed by atoms with E-state index in [9.17, 15) is 9.59 Å². The van der Waals surface area contributed by atoms with Crippen LogP contribution in [0.1, 0.15) is 98.3 Å². The summed E-state index contributed by atoms with van der Waals surface area (Å²) in [5.74, 6) is 2.46. The minimum atomic E-state index is -0.142. The van der Waals surface area contributed by atoms with Gasteiger partial charge in [-0.1, -0.05) is 20.8 Å².